The first-order chi connectivity index (χ1) is 23.6. The third-order valence-electron chi connectivity index (χ3n) is 10.2. The van der Waals surface area contributed by atoms with Crippen LogP contribution in [0.25, 0.3) is 0 Å². The first kappa shape index (κ1) is 38.7. The number of carbonyl (C=O) groups is 1. The van der Waals surface area contributed by atoms with E-state index >= 15 is 0 Å². The van der Waals surface area contributed by atoms with Gasteiger partial charge in [0.25, 0.3) is 0 Å². The zero-order chi connectivity index (χ0) is 36.0. The smallest absolute Gasteiger partial charge is 0.244 e. The molecule has 1 saturated heterocycles. The van der Waals surface area contributed by atoms with Gasteiger partial charge in [-0.2, -0.15) is 10.2 Å². The second-order valence-electron chi connectivity index (χ2n) is 13.2. The lowest BCUT2D eigenvalue weighted by Gasteiger charge is -2.26. The summed E-state index contributed by atoms with van der Waals surface area (Å²) in [7, 11) is 4.10. The van der Waals surface area contributed by atoms with Gasteiger partial charge in [0.05, 0.1) is 5.56 Å². The molecule has 2 aliphatic heterocycles. The van der Waals surface area contributed by atoms with Crippen LogP contribution < -0.4 is 19.7 Å². The molecule has 1 fully saturated rings. The summed E-state index contributed by atoms with van der Waals surface area (Å²) in [6.07, 6.45) is 9.27. The van der Waals surface area contributed by atoms with E-state index < -0.39 is 0 Å². The number of likely N-dealkylation sites (N-methyl/N-ethyl adjacent to an activating group) is 1. The van der Waals surface area contributed by atoms with Gasteiger partial charge >= 0.3 is 0 Å². The Bertz CT molecular complexity index is 1580. The van der Waals surface area contributed by atoms with Crippen molar-refractivity contribution in [2.45, 2.75) is 136 Å². The van der Waals surface area contributed by atoms with Crippen molar-refractivity contribution in [2.75, 3.05) is 29.9 Å². The van der Waals surface area contributed by atoms with Gasteiger partial charge in [-0.05, 0) is 89.8 Å². The fourth-order valence-electron chi connectivity index (χ4n) is 7.16. The Morgan fingerprint density at radius 3 is 2.53 bits per heavy atom. The Balaban J connectivity index is 0.00000265. The van der Waals surface area contributed by atoms with Crippen LogP contribution in [0.4, 0.5) is 11.5 Å². The third kappa shape index (κ3) is 7.82. The molecule has 0 spiro atoms. The summed E-state index contributed by atoms with van der Waals surface area (Å²) >= 11 is 3.39. The molecular formula is C38H57N7O2S2. The largest absolute Gasteiger partial charge is 0.474 e. The molecule has 49 heavy (non-hydrogen) atoms. The fraction of sp³-hybridized carbons (Fsp3) is 0.632. The first-order valence-electron chi connectivity index (χ1n) is 18.3. The molecule has 0 saturated carbocycles. The maximum absolute atomic E-state index is 14.6. The molecule has 9 nitrogen and oxygen atoms in total. The number of rotatable bonds is 13. The number of Topliss-reactive ketones (excluding diaryl/α,β-unsaturated/α-hetero) is 1. The van der Waals surface area contributed by atoms with Gasteiger partial charge in [0.2, 0.25) is 17.5 Å². The van der Waals surface area contributed by atoms with Crippen LogP contribution >= 0.6 is 23.3 Å². The highest BCUT2D eigenvalue weighted by Crippen LogP contribution is 2.49. The molecule has 4 atom stereocenters. The predicted octanol–water partition coefficient (Wildman–Crippen LogP) is 8.88. The molecule has 0 amide bonds. The van der Waals surface area contributed by atoms with Crippen LogP contribution in [0.3, 0.4) is 0 Å². The summed E-state index contributed by atoms with van der Waals surface area (Å²) in [5.74, 6) is 1.45. The highest BCUT2D eigenvalue weighted by molar-refractivity contribution is 8.01. The molecule has 4 heterocycles. The van der Waals surface area contributed by atoms with E-state index in [1.54, 1.807) is 23.3 Å². The van der Waals surface area contributed by atoms with Crippen LogP contribution in [0.1, 0.15) is 137 Å². The zero-order valence-corrected chi connectivity index (χ0v) is 32.8. The van der Waals surface area contributed by atoms with Gasteiger partial charge in [-0.15, -0.1) is 11.3 Å². The average Bonchev–Trinajstić information content (AvgIpc) is 3.70. The van der Waals surface area contributed by atoms with Gasteiger partial charge in [0, 0.05) is 51.3 Å². The van der Waals surface area contributed by atoms with E-state index in [0.717, 1.165) is 79.7 Å². The van der Waals surface area contributed by atoms with Crippen molar-refractivity contribution in [1.82, 2.24) is 14.9 Å². The van der Waals surface area contributed by atoms with Crippen LogP contribution in [0, 0.1) is 18.3 Å². The van der Waals surface area contributed by atoms with Crippen LogP contribution in [-0.4, -0.2) is 58.7 Å². The Hall–Kier alpha value is -3.07. The van der Waals surface area contributed by atoms with E-state index in [-0.39, 0.29) is 23.6 Å². The SMILES string of the molecule is C=C1N(C)c2c(OC[C@@H]3CC[C@H](C)N3C)nc(C(=O)/C(CCC)=C(\N)[C@H]3CCCc4sc(C)c(C#N)c43)nc2N1SC(CC)CCC.CC. The second-order valence-corrected chi connectivity index (χ2v) is 15.8. The molecule has 5 rings (SSSR count). The summed E-state index contributed by atoms with van der Waals surface area (Å²) in [5, 5.41) is 10.4. The molecule has 0 aromatic carbocycles. The number of hydrogen-bond acceptors (Lipinski definition) is 11. The zero-order valence-electron chi connectivity index (χ0n) is 31.2. The normalized spacial score (nSPS) is 21.4. The lowest BCUT2D eigenvalue weighted by molar-refractivity contribution is 0.101. The van der Waals surface area contributed by atoms with E-state index in [4.69, 9.17) is 20.4 Å². The van der Waals surface area contributed by atoms with E-state index in [2.05, 4.69) is 56.6 Å². The van der Waals surface area contributed by atoms with Gasteiger partial charge in [0.1, 0.15) is 24.2 Å². The predicted molar refractivity (Wildman–Crippen MR) is 206 cm³/mol. The maximum Gasteiger partial charge on any atom is 0.244 e. The number of ketones is 1. The molecule has 2 aromatic rings. The Kier molecular flexibility index (Phi) is 13.6. The molecule has 268 valence electrons. The molecule has 1 unspecified atom stereocenters. The second kappa shape index (κ2) is 17.2. The Labute approximate surface area is 303 Å². The molecule has 2 aromatic heterocycles. The fourth-order valence-corrected chi connectivity index (χ4v) is 9.64. The van der Waals surface area contributed by atoms with Gasteiger partial charge in [-0.3, -0.25) is 14.0 Å². The minimum absolute atomic E-state index is 0.0913. The number of carbonyl (C=O) groups excluding carboxylic acids is 1. The van der Waals surface area contributed by atoms with Crippen LogP contribution in [-0.2, 0) is 6.42 Å². The number of nitrogens with two attached hydrogens (primary N) is 1. The van der Waals surface area contributed by atoms with E-state index in [1.807, 2.05) is 32.7 Å². The highest BCUT2D eigenvalue weighted by atomic mass is 32.2. The van der Waals surface area contributed by atoms with Crippen molar-refractivity contribution in [3.8, 4) is 11.9 Å². The maximum atomic E-state index is 14.6. The van der Waals surface area contributed by atoms with Gasteiger partial charge in [-0.1, -0.05) is 54.0 Å². The quantitative estimate of drug-likeness (QED) is 0.123. The minimum atomic E-state index is -0.271. The van der Waals surface area contributed by atoms with Crippen LogP contribution in [0.2, 0.25) is 0 Å². The van der Waals surface area contributed by atoms with Gasteiger partial charge < -0.3 is 15.4 Å². The average molecular weight is 708 g/mol. The molecule has 2 N–H and O–H groups in total. The van der Waals surface area contributed by atoms with E-state index in [9.17, 15) is 10.1 Å². The number of nitrogens with zero attached hydrogens (tertiary/aromatic N) is 6. The van der Waals surface area contributed by atoms with Crippen molar-refractivity contribution in [3.05, 3.63) is 50.4 Å². The Morgan fingerprint density at radius 1 is 1.18 bits per heavy atom. The molecule has 0 radical (unpaired) electrons. The van der Waals surface area contributed by atoms with Crippen molar-refractivity contribution >= 4 is 40.6 Å². The highest BCUT2D eigenvalue weighted by Gasteiger charge is 2.39. The van der Waals surface area contributed by atoms with Gasteiger partial charge in [-0.25, -0.2) is 4.98 Å². The summed E-state index contributed by atoms with van der Waals surface area (Å²) in [4.78, 5) is 31.0. The summed E-state index contributed by atoms with van der Waals surface area (Å²) in [6, 6.07) is 3.18. The van der Waals surface area contributed by atoms with Crippen LogP contribution in [0.15, 0.2) is 23.7 Å². The summed E-state index contributed by atoms with van der Waals surface area (Å²) in [6.45, 7) is 19.6. The Morgan fingerprint density at radius 2 is 1.92 bits per heavy atom. The number of fused-ring (bicyclic) bond motifs is 2. The first-order valence-corrected chi connectivity index (χ1v) is 19.9. The monoisotopic (exact) mass is 707 g/mol. The lowest BCUT2D eigenvalue weighted by Crippen LogP contribution is -2.34. The van der Waals surface area contributed by atoms with Crippen LogP contribution in [0.5, 0.6) is 5.88 Å². The number of thiophene rings is 1. The topological polar surface area (TPSA) is 112 Å². The summed E-state index contributed by atoms with van der Waals surface area (Å²) < 4.78 is 8.60. The van der Waals surface area contributed by atoms with Crippen molar-refractivity contribution in [2.24, 2.45) is 5.73 Å². The standard InChI is InChI=1S/C36H51N7O2S2.C2H6/c1-9-13-25(11-3)47-43-23(6)42(8)32-35(43)39-34(40-36(32)45-20-24-18-17-21(4)41(24)7)33(44)27(14-10-2)31(38)26-15-12-16-29-30(26)28(19-37)22(5)46-29;1-2/h21,24-26H,6,9-18,20,38H2,1-5,7-8H3;1-2H3/b31-27-;/t21-,24-,25?,26-;/m0./s1. The van der Waals surface area contributed by atoms with Crippen molar-refractivity contribution in [3.63, 3.8) is 0 Å². The number of allylic oxidation sites excluding steroid dienone is 2. The third-order valence-corrected chi connectivity index (χ3v) is 12.8. The van der Waals surface area contributed by atoms with Gasteiger partial charge in [0.15, 0.2) is 5.82 Å². The number of aromatic nitrogens is 2. The minimum Gasteiger partial charge on any atom is -0.474 e. The number of anilines is 2. The molecular weight excluding hydrogens is 651 g/mol. The van der Waals surface area contributed by atoms with Crippen molar-refractivity contribution < 1.29 is 9.53 Å². The van der Waals surface area contributed by atoms with E-state index in [1.165, 1.54) is 4.88 Å². The number of ether oxygens (including phenoxy) is 1. The van der Waals surface area contributed by atoms with Crippen molar-refractivity contribution in [1.29, 1.82) is 5.26 Å². The number of nitriles is 1. The summed E-state index contributed by atoms with van der Waals surface area (Å²) in [5.41, 5.74) is 10.5. The lowest BCUT2D eigenvalue weighted by atomic mass is 9.80. The molecule has 3 aliphatic rings. The molecule has 1 aliphatic carbocycles. The number of aryl methyl sites for hydroxylation is 2. The van der Waals surface area contributed by atoms with E-state index in [0.29, 0.717) is 52.9 Å². The number of hydrogen-bond donors (Lipinski definition) is 1. The molecule has 11 heteroatoms. The molecule has 0 bridgehead atoms. The number of likely N-dealkylation sites (tertiary alicyclic amines) is 1.